The van der Waals surface area contributed by atoms with Crippen LogP contribution < -0.4 is 5.73 Å². The van der Waals surface area contributed by atoms with E-state index in [1.165, 1.54) is 38.5 Å². The topological polar surface area (TPSA) is 46.2 Å². The molecular formula is C11H23NO. The fourth-order valence-electron chi connectivity index (χ4n) is 2.29. The lowest BCUT2D eigenvalue weighted by atomic mass is 9.86. The summed E-state index contributed by atoms with van der Waals surface area (Å²) in [4.78, 5) is 0. The summed E-state index contributed by atoms with van der Waals surface area (Å²) in [6.07, 6.45) is 9.09. The highest BCUT2D eigenvalue weighted by atomic mass is 16.3. The molecule has 0 saturated heterocycles. The Balaban J connectivity index is 2.33. The van der Waals surface area contributed by atoms with Gasteiger partial charge in [-0.2, -0.15) is 0 Å². The molecular weight excluding hydrogens is 162 g/mol. The number of rotatable bonds is 3. The molecule has 1 saturated carbocycles. The normalized spacial score (nSPS) is 25.2. The van der Waals surface area contributed by atoms with E-state index in [9.17, 15) is 0 Å². The predicted molar refractivity (Wildman–Crippen MR) is 55.5 cm³/mol. The Labute approximate surface area is 81.5 Å². The molecule has 0 aromatic rings. The van der Waals surface area contributed by atoms with E-state index in [2.05, 4.69) is 0 Å². The Morgan fingerprint density at radius 2 is 1.77 bits per heavy atom. The zero-order chi connectivity index (χ0) is 9.73. The number of hydrogen-bond donors (Lipinski definition) is 2. The molecule has 78 valence electrons. The SMILES string of the molecule is CC(N)(CO)CC1CCCCCC1. The Morgan fingerprint density at radius 3 is 2.23 bits per heavy atom. The molecule has 3 N–H and O–H groups in total. The summed E-state index contributed by atoms with van der Waals surface area (Å²) in [5.41, 5.74) is 5.60. The quantitative estimate of drug-likeness (QED) is 0.661. The molecule has 1 aliphatic rings. The minimum Gasteiger partial charge on any atom is -0.394 e. The molecule has 0 bridgehead atoms. The van der Waals surface area contributed by atoms with E-state index in [4.69, 9.17) is 10.8 Å². The lowest BCUT2D eigenvalue weighted by molar-refractivity contribution is 0.176. The van der Waals surface area contributed by atoms with Gasteiger partial charge < -0.3 is 10.8 Å². The molecule has 13 heavy (non-hydrogen) atoms. The molecule has 0 aromatic carbocycles. The Hall–Kier alpha value is -0.0800. The summed E-state index contributed by atoms with van der Waals surface area (Å²) in [5, 5.41) is 9.07. The van der Waals surface area contributed by atoms with Gasteiger partial charge in [-0.05, 0) is 19.3 Å². The van der Waals surface area contributed by atoms with E-state index in [-0.39, 0.29) is 12.1 Å². The Bertz CT molecular complexity index is 137. The van der Waals surface area contributed by atoms with Crippen LogP contribution in [-0.2, 0) is 0 Å². The van der Waals surface area contributed by atoms with Gasteiger partial charge in [-0.25, -0.2) is 0 Å². The maximum atomic E-state index is 9.07. The Kier molecular flexibility index (Phi) is 4.20. The van der Waals surface area contributed by atoms with Crippen LogP contribution in [0.4, 0.5) is 0 Å². The zero-order valence-corrected chi connectivity index (χ0v) is 8.76. The van der Waals surface area contributed by atoms with Crippen LogP contribution in [0.2, 0.25) is 0 Å². The molecule has 0 aromatic heterocycles. The second kappa shape index (κ2) is 4.97. The fraction of sp³-hybridized carbons (Fsp3) is 1.00. The lowest BCUT2D eigenvalue weighted by Gasteiger charge is -2.27. The van der Waals surface area contributed by atoms with Crippen LogP contribution in [0.5, 0.6) is 0 Å². The van der Waals surface area contributed by atoms with Gasteiger partial charge in [-0.3, -0.25) is 0 Å². The van der Waals surface area contributed by atoms with Gasteiger partial charge in [-0.1, -0.05) is 38.5 Å². The monoisotopic (exact) mass is 185 g/mol. The highest BCUT2D eigenvalue weighted by Crippen LogP contribution is 2.28. The maximum Gasteiger partial charge on any atom is 0.0608 e. The highest BCUT2D eigenvalue weighted by Gasteiger charge is 2.23. The minimum absolute atomic E-state index is 0.115. The molecule has 0 aliphatic heterocycles. The van der Waals surface area contributed by atoms with E-state index in [1.54, 1.807) is 0 Å². The molecule has 1 atom stereocenters. The van der Waals surface area contributed by atoms with Gasteiger partial charge in [0.2, 0.25) is 0 Å². The van der Waals surface area contributed by atoms with Gasteiger partial charge >= 0.3 is 0 Å². The van der Waals surface area contributed by atoms with E-state index < -0.39 is 0 Å². The van der Waals surface area contributed by atoms with Crippen molar-refractivity contribution in [1.29, 1.82) is 0 Å². The van der Waals surface area contributed by atoms with Crippen molar-refractivity contribution >= 4 is 0 Å². The third kappa shape index (κ3) is 4.10. The fourth-order valence-corrected chi connectivity index (χ4v) is 2.29. The average molecular weight is 185 g/mol. The van der Waals surface area contributed by atoms with Crippen molar-refractivity contribution in [3.8, 4) is 0 Å². The molecule has 1 unspecified atom stereocenters. The number of aliphatic hydroxyl groups excluding tert-OH is 1. The third-order valence-corrected chi connectivity index (χ3v) is 3.09. The number of hydrogen-bond acceptors (Lipinski definition) is 2. The average Bonchev–Trinajstić information content (AvgIpc) is 2.32. The van der Waals surface area contributed by atoms with Gasteiger partial charge in [0, 0.05) is 5.54 Å². The van der Waals surface area contributed by atoms with Crippen LogP contribution in [0, 0.1) is 5.92 Å². The first-order valence-corrected chi connectivity index (χ1v) is 5.54. The second-order valence-electron chi connectivity index (χ2n) is 4.87. The first-order chi connectivity index (χ1) is 6.14. The Morgan fingerprint density at radius 1 is 1.23 bits per heavy atom. The van der Waals surface area contributed by atoms with Gasteiger partial charge in [-0.15, -0.1) is 0 Å². The summed E-state index contributed by atoms with van der Waals surface area (Å²) >= 11 is 0. The largest absolute Gasteiger partial charge is 0.394 e. The molecule has 1 fully saturated rings. The molecule has 1 aliphatic carbocycles. The molecule has 0 heterocycles. The van der Waals surface area contributed by atoms with Crippen molar-refractivity contribution in [2.24, 2.45) is 11.7 Å². The van der Waals surface area contributed by atoms with Crippen LogP contribution >= 0.6 is 0 Å². The first kappa shape index (κ1) is 11.0. The molecule has 2 heteroatoms. The van der Waals surface area contributed by atoms with E-state index in [0.717, 1.165) is 12.3 Å². The van der Waals surface area contributed by atoms with Crippen LogP contribution in [0.15, 0.2) is 0 Å². The van der Waals surface area contributed by atoms with E-state index in [1.807, 2.05) is 6.92 Å². The minimum atomic E-state index is -0.352. The van der Waals surface area contributed by atoms with Crippen LogP contribution in [-0.4, -0.2) is 17.3 Å². The van der Waals surface area contributed by atoms with Crippen LogP contribution in [0.3, 0.4) is 0 Å². The van der Waals surface area contributed by atoms with Crippen molar-refractivity contribution < 1.29 is 5.11 Å². The van der Waals surface area contributed by atoms with E-state index >= 15 is 0 Å². The van der Waals surface area contributed by atoms with Gasteiger partial charge in [0.15, 0.2) is 0 Å². The van der Waals surface area contributed by atoms with Crippen molar-refractivity contribution in [3.63, 3.8) is 0 Å². The van der Waals surface area contributed by atoms with Crippen LogP contribution in [0.25, 0.3) is 0 Å². The molecule has 0 radical (unpaired) electrons. The summed E-state index contributed by atoms with van der Waals surface area (Å²) < 4.78 is 0. The van der Waals surface area contributed by atoms with Crippen molar-refractivity contribution in [2.45, 2.75) is 57.4 Å². The summed E-state index contributed by atoms with van der Waals surface area (Å²) in [7, 11) is 0. The molecule has 2 nitrogen and oxygen atoms in total. The standard InChI is InChI=1S/C11H23NO/c1-11(12,9-13)8-10-6-4-2-3-5-7-10/h10,13H,2-9,12H2,1H3. The van der Waals surface area contributed by atoms with Gasteiger partial charge in [0.05, 0.1) is 6.61 Å². The highest BCUT2D eigenvalue weighted by molar-refractivity contribution is 4.81. The van der Waals surface area contributed by atoms with Crippen molar-refractivity contribution in [2.75, 3.05) is 6.61 Å². The zero-order valence-electron chi connectivity index (χ0n) is 8.76. The number of aliphatic hydroxyl groups is 1. The van der Waals surface area contributed by atoms with Crippen LogP contribution in [0.1, 0.15) is 51.9 Å². The summed E-state index contributed by atoms with van der Waals surface area (Å²) in [6, 6.07) is 0. The predicted octanol–water partition coefficient (Wildman–Crippen LogP) is 2.06. The third-order valence-electron chi connectivity index (χ3n) is 3.09. The molecule has 0 spiro atoms. The molecule has 1 rings (SSSR count). The smallest absolute Gasteiger partial charge is 0.0608 e. The van der Waals surface area contributed by atoms with Crippen molar-refractivity contribution in [3.05, 3.63) is 0 Å². The van der Waals surface area contributed by atoms with E-state index in [0.29, 0.717) is 0 Å². The maximum absolute atomic E-state index is 9.07. The van der Waals surface area contributed by atoms with Gasteiger partial charge in [0.1, 0.15) is 0 Å². The summed E-state index contributed by atoms with van der Waals surface area (Å²) in [6.45, 7) is 2.07. The molecule has 0 amide bonds. The summed E-state index contributed by atoms with van der Waals surface area (Å²) in [5.74, 6) is 0.754. The number of nitrogens with two attached hydrogens (primary N) is 1. The van der Waals surface area contributed by atoms with Crippen molar-refractivity contribution in [1.82, 2.24) is 0 Å². The second-order valence-corrected chi connectivity index (χ2v) is 4.87. The first-order valence-electron chi connectivity index (χ1n) is 5.54. The van der Waals surface area contributed by atoms with Gasteiger partial charge in [0.25, 0.3) is 0 Å². The lowest BCUT2D eigenvalue weighted by Crippen LogP contribution is -2.42.